The zero-order valence-corrected chi connectivity index (χ0v) is 15.6. The highest BCUT2D eigenvalue weighted by molar-refractivity contribution is 6.04. The van der Waals surface area contributed by atoms with E-state index in [-0.39, 0.29) is 18.6 Å². The van der Waals surface area contributed by atoms with Gasteiger partial charge in [0.25, 0.3) is 5.91 Å². The molecule has 5 heteroatoms. The van der Waals surface area contributed by atoms with Crippen LogP contribution in [0.1, 0.15) is 29.3 Å². The molecule has 0 aliphatic heterocycles. The second-order valence-electron chi connectivity index (χ2n) is 6.74. The Morgan fingerprint density at radius 1 is 1.07 bits per heavy atom. The first-order chi connectivity index (χ1) is 13.0. The van der Waals surface area contributed by atoms with Crippen molar-refractivity contribution in [1.82, 2.24) is 9.88 Å². The van der Waals surface area contributed by atoms with Gasteiger partial charge in [0, 0.05) is 30.2 Å². The van der Waals surface area contributed by atoms with Gasteiger partial charge >= 0.3 is 5.97 Å². The lowest BCUT2D eigenvalue weighted by Crippen LogP contribution is -2.36. The number of benzene rings is 2. The number of rotatable bonds is 7. The van der Waals surface area contributed by atoms with Gasteiger partial charge in [-0.15, -0.1) is 0 Å². The molecule has 0 unspecified atom stereocenters. The number of esters is 1. The van der Waals surface area contributed by atoms with Crippen molar-refractivity contribution < 1.29 is 14.3 Å². The van der Waals surface area contributed by atoms with Crippen molar-refractivity contribution in [3.8, 4) is 0 Å². The van der Waals surface area contributed by atoms with Gasteiger partial charge in [-0.3, -0.25) is 4.79 Å². The molecule has 3 aromatic rings. The number of aryl methyl sites for hydroxylation is 2. The lowest BCUT2D eigenvalue weighted by atomic mass is 10.1. The van der Waals surface area contributed by atoms with Crippen LogP contribution in [0.3, 0.4) is 0 Å². The van der Waals surface area contributed by atoms with Crippen LogP contribution >= 0.6 is 0 Å². The van der Waals surface area contributed by atoms with Crippen LogP contribution < -0.4 is 5.32 Å². The molecule has 3 rings (SSSR count). The van der Waals surface area contributed by atoms with Gasteiger partial charge in [0.2, 0.25) is 0 Å². The Balaban J connectivity index is 1.49. The molecule has 2 aromatic carbocycles. The average Bonchev–Trinajstić information content (AvgIpc) is 3.02. The van der Waals surface area contributed by atoms with E-state index in [4.69, 9.17) is 4.74 Å². The van der Waals surface area contributed by atoms with Crippen molar-refractivity contribution >= 4 is 22.8 Å². The van der Waals surface area contributed by atoms with E-state index in [0.29, 0.717) is 5.56 Å². The number of hydrogen-bond donors (Lipinski definition) is 1. The number of hydrogen-bond acceptors (Lipinski definition) is 3. The molecular weight excluding hydrogens is 340 g/mol. The smallest absolute Gasteiger partial charge is 0.340 e. The first-order valence-electron chi connectivity index (χ1n) is 9.09. The molecule has 1 aromatic heterocycles. The topological polar surface area (TPSA) is 60.3 Å². The minimum absolute atomic E-state index is 0.00830. The molecule has 27 heavy (non-hydrogen) atoms. The maximum atomic E-state index is 12.4. The van der Waals surface area contributed by atoms with Gasteiger partial charge in [0.15, 0.2) is 6.61 Å². The maximum Gasteiger partial charge on any atom is 0.340 e. The number of ether oxygens (including phenoxy) is 1. The lowest BCUT2D eigenvalue weighted by molar-refractivity contribution is -0.124. The molecule has 1 N–H and O–H groups in total. The number of carbonyl (C=O) groups is 2. The normalized spacial score (nSPS) is 11.9. The second-order valence-corrected chi connectivity index (χ2v) is 6.74. The molecule has 0 fully saturated rings. The molecule has 0 radical (unpaired) electrons. The fourth-order valence-electron chi connectivity index (χ4n) is 3.13. The SMILES string of the molecule is C[C@H](CCc1ccccc1)NC(=O)COC(=O)c1cn(C)c2ccccc12. The minimum Gasteiger partial charge on any atom is -0.452 e. The Labute approximate surface area is 158 Å². The Morgan fingerprint density at radius 3 is 2.56 bits per heavy atom. The van der Waals surface area contributed by atoms with E-state index in [0.717, 1.165) is 23.7 Å². The largest absolute Gasteiger partial charge is 0.452 e. The Bertz CT molecular complexity index is 931. The summed E-state index contributed by atoms with van der Waals surface area (Å²) < 4.78 is 7.08. The average molecular weight is 364 g/mol. The lowest BCUT2D eigenvalue weighted by Gasteiger charge is -2.14. The second kappa shape index (κ2) is 8.54. The number of aromatic nitrogens is 1. The molecule has 0 bridgehead atoms. The highest BCUT2D eigenvalue weighted by atomic mass is 16.5. The van der Waals surface area contributed by atoms with Crippen LogP contribution in [0.25, 0.3) is 10.9 Å². The number of nitrogens with zero attached hydrogens (tertiary/aromatic N) is 1. The molecule has 1 amide bonds. The van der Waals surface area contributed by atoms with Crippen molar-refractivity contribution in [2.75, 3.05) is 6.61 Å². The number of carbonyl (C=O) groups excluding carboxylic acids is 2. The van der Waals surface area contributed by atoms with E-state index in [1.807, 2.05) is 61.0 Å². The van der Waals surface area contributed by atoms with E-state index in [9.17, 15) is 9.59 Å². The molecule has 0 saturated carbocycles. The van der Waals surface area contributed by atoms with Crippen LogP contribution in [-0.4, -0.2) is 29.1 Å². The minimum atomic E-state index is -0.487. The molecule has 0 saturated heterocycles. The maximum absolute atomic E-state index is 12.4. The van der Waals surface area contributed by atoms with Crippen LogP contribution in [-0.2, 0) is 23.0 Å². The van der Waals surface area contributed by atoms with Crippen molar-refractivity contribution in [3.05, 3.63) is 71.9 Å². The standard InChI is InChI=1S/C22H24N2O3/c1-16(12-13-17-8-4-3-5-9-17)23-21(25)15-27-22(26)19-14-24(2)20-11-7-6-10-18(19)20/h3-11,14,16H,12-13,15H2,1-2H3,(H,23,25)/t16-/m1/s1. The molecule has 0 spiro atoms. The van der Waals surface area contributed by atoms with Crippen LogP contribution in [0, 0.1) is 0 Å². The predicted octanol–water partition coefficient (Wildman–Crippen LogP) is 3.47. The number of para-hydroxylation sites is 1. The molecule has 5 nitrogen and oxygen atoms in total. The molecule has 0 aliphatic rings. The van der Waals surface area contributed by atoms with Crippen LogP contribution in [0.4, 0.5) is 0 Å². The third-order valence-electron chi connectivity index (χ3n) is 4.57. The van der Waals surface area contributed by atoms with Gasteiger partial charge in [0.1, 0.15) is 0 Å². The van der Waals surface area contributed by atoms with E-state index in [2.05, 4.69) is 17.4 Å². The summed E-state index contributed by atoms with van der Waals surface area (Å²) in [6, 6.07) is 17.7. The van der Waals surface area contributed by atoms with Gasteiger partial charge < -0.3 is 14.6 Å². The first kappa shape index (κ1) is 18.7. The molecular formula is C22H24N2O3. The highest BCUT2D eigenvalue weighted by Crippen LogP contribution is 2.20. The zero-order chi connectivity index (χ0) is 19.2. The summed E-state index contributed by atoms with van der Waals surface area (Å²) in [5.41, 5.74) is 2.66. The molecule has 1 atom stereocenters. The van der Waals surface area contributed by atoms with E-state index in [1.54, 1.807) is 6.20 Å². The first-order valence-corrected chi connectivity index (χ1v) is 9.09. The fraction of sp³-hybridized carbons (Fsp3) is 0.273. The number of fused-ring (bicyclic) bond motifs is 1. The van der Waals surface area contributed by atoms with Gasteiger partial charge in [-0.1, -0.05) is 48.5 Å². The monoisotopic (exact) mass is 364 g/mol. The summed E-state index contributed by atoms with van der Waals surface area (Å²) >= 11 is 0. The van der Waals surface area contributed by atoms with Gasteiger partial charge in [0.05, 0.1) is 5.56 Å². The molecule has 140 valence electrons. The Morgan fingerprint density at radius 2 is 1.78 bits per heavy atom. The van der Waals surface area contributed by atoms with E-state index >= 15 is 0 Å². The highest BCUT2D eigenvalue weighted by Gasteiger charge is 2.17. The summed E-state index contributed by atoms with van der Waals surface area (Å²) in [4.78, 5) is 24.4. The molecule has 1 heterocycles. The Hall–Kier alpha value is -3.08. The van der Waals surface area contributed by atoms with Crippen molar-refractivity contribution in [2.24, 2.45) is 7.05 Å². The van der Waals surface area contributed by atoms with Gasteiger partial charge in [-0.2, -0.15) is 0 Å². The van der Waals surface area contributed by atoms with Crippen LogP contribution in [0.5, 0.6) is 0 Å². The van der Waals surface area contributed by atoms with Crippen LogP contribution in [0.15, 0.2) is 60.8 Å². The summed E-state index contributed by atoms with van der Waals surface area (Å²) in [7, 11) is 1.88. The van der Waals surface area contributed by atoms with Crippen LogP contribution in [0.2, 0.25) is 0 Å². The zero-order valence-electron chi connectivity index (χ0n) is 15.6. The quantitative estimate of drug-likeness (QED) is 0.653. The Kier molecular flexibility index (Phi) is 5.91. The van der Waals surface area contributed by atoms with Gasteiger partial charge in [-0.05, 0) is 31.4 Å². The van der Waals surface area contributed by atoms with E-state index < -0.39 is 5.97 Å². The van der Waals surface area contributed by atoms with Crippen molar-refractivity contribution in [2.45, 2.75) is 25.8 Å². The van der Waals surface area contributed by atoms with Gasteiger partial charge in [-0.25, -0.2) is 4.79 Å². The third kappa shape index (κ3) is 4.76. The number of nitrogens with one attached hydrogen (secondary N) is 1. The predicted molar refractivity (Wildman–Crippen MR) is 106 cm³/mol. The molecule has 0 aliphatic carbocycles. The fourth-order valence-corrected chi connectivity index (χ4v) is 3.13. The van der Waals surface area contributed by atoms with Crippen molar-refractivity contribution in [3.63, 3.8) is 0 Å². The number of amides is 1. The van der Waals surface area contributed by atoms with E-state index in [1.165, 1.54) is 5.56 Å². The summed E-state index contributed by atoms with van der Waals surface area (Å²) in [6.07, 6.45) is 3.44. The summed E-state index contributed by atoms with van der Waals surface area (Å²) in [5.74, 6) is -0.775. The third-order valence-corrected chi connectivity index (χ3v) is 4.57. The summed E-state index contributed by atoms with van der Waals surface area (Å²) in [6.45, 7) is 1.67. The van der Waals surface area contributed by atoms with Crippen molar-refractivity contribution in [1.29, 1.82) is 0 Å². The summed E-state index contributed by atoms with van der Waals surface area (Å²) in [5, 5.41) is 3.70.